The van der Waals surface area contributed by atoms with Crippen LogP contribution >= 0.6 is 39.0 Å². The molecular formula is C25H22BrN3O2S2. The number of hydrogen-bond donors (Lipinski definition) is 1. The van der Waals surface area contributed by atoms with E-state index in [2.05, 4.69) is 28.2 Å². The van der Waals surface area contributed by atoms with Crippen molar-refractivity contribution in [3.63, 3.8) is 0 Å². The van der Waals surface area contributed by atoms with Crippen molar-refractivity contribution in [2.45, 2.75) is 31.3 Å². The molecule has 0 saturated carbocycles. The third-order valence-corrected chi connectivity index (χ3v) is 8.33. The average molecular weight is 541 g/mol. The molecule has 2 aromatic heterocycles. The van der Waals surface area contributed by atoms with Crippen molar-refractivity contribution >= 4 is 60.8 Å². The van der Waals surface area contributed by atoms with Crippen LogP contribution in [0.5, 0.6) is 0 Å². The lowest BCUT2D eigenvalue weighted by molar-refractivity contribution is -0.113. The third kappa shape index (κ3) is 4.65. The molecule has 1 amide bonds. The number of anilines is 1. The molecule has 0 bridgehead atoms. The number of benzene rings is 2. The van der Waals surface area contributed by atoms with Crippen LogP contribution in [0, 0.1) is 5.92 Å². The number of carbonyl (C=O) groups is 1. The maximum atomic E-state index is 13.7. The molecule has 168 valence electrons. The van der Waals surface area contributed by atoms with E-state index >= 15 is 0 Å². The fourth-order valence-corrected chi connectivity index (χ4v) is 6.80. The second-order valence-electron chi connectivity index (χ2n) is 8.25. The summed E-state index contributed by atoms with van der Waals surface area (Å²) in [5, 5.41) is 4.19. The number of carbonyl (C=O) groups excluding carboxylic acids is 1. The summed E-state index contributed by atoms with van der Waals surface area (Å²) < 4.78 is 2.55. The zero-order chi connectivity index (χ0) is 22.9. The lowest BCUT2D eigenvalue weighted by atomic mass is 9.89. The Morgan fingerprint density at radius 1 is 1.24 bits per heavy atom. The number of halogens is 1. The zero-order valence-corrected chi connectivity index (χ0v) is 21.2. The number of nitrogens with zero attached hydrogens (tertiary/aromatic N) is 2. The number of thioether (sulfide) groups is 1. The van der Waals surface area contributed by atoms with Gasteiger partial charge in [-0.2, -0.15) is 0 Å². The topological polar surface area (TPSA) is 64.0 Å². The minimum absolute atomic E-state index is 0.0480. The molecule has 33 heavy (non-hydrogen) atoms. The van der Waals surface area contributed by atoms with Gasteiger partial charge in [0.2, 0.25) is 5.91 Å². The zero-order valence-electron chi connectivity index (χ0n) is 18.0. The Balaban J connectivity index is 1.52. The van der Waals surface area contributed by atoms with Gasteiger partial charge in [-0.3, -0.25) is 14.2 Å². The molecule has 1 aliphatic rings. The highest BCUT2D eigenvalue weighted by molar-refractivity contribution is 9.10. The van der Waals surface area contributed by atoms with Crippen molar-refractivity contribution in [1.82, 2.24) is 9.55 Å². The van der Waals surface area contributed by atoms with Gasteiger partial charge in [0, 0.05) is 15.0 Å². The Morgan fingerprint density at radius 2 is 2.06 bits per heavy atom. The first-order valence-electron chi connectivity index (χ1n) is 10.8. The van der Waals surface area contributed by atoms with Crippen LogP contribution in [-0.4, -0.2) is 21.2 Å². The smallest absolute Gasteiger partial charge is 0.267 e. The van der Waals surface area contributed by atoms with E-state index in [0.717, 1.165) is 45.3 Å². The molecule has 0 radical (unpaired) electrons. The minimum atomic E-state index is -0.147. The second kappa shape index (κ2) is 9.44. The Hall–Kier alpha value is -2.42. The predicted molar refractivity (Wildman–Crippen MR) is 140 cm³/mol. The molecule has 1 aliphatic carbocycles. The fourth-order valence-electron chi connectivity index (χ4n) is 4.17. The van der Waals surface area contributed by atoms with Gasteiger partial charge in [-0.05, 0) is 61.1 Å². The molecule has 0 saturated heterocycles. The van der Waals surface area contributed by atoms with Crippen LogP contribution in [0.25, 0.3) is 15.9 Å². The Labute approximate surface area is 208 Å². The SMILES string of the molecule is CC1CCc2c(sc3nc(SCC(=O)Nc4cccc(Br)c4)n(-c4ccccc4)c(=O)c23)C1. The summed E-state index contributed by atoms with van der Waals surface area (Å²) in [4.78, 5) is 33.3. The van der Waals surface area contributed by atoms with Gasteiger partial charge in [0.15, 0.2) is 5.16 Å². The molecule has 4 aromatic rings. The molecule has 1 atom stereocenters. The molecule has 1 unspecified atom stereocenters. The number of para-hydroxylation sites is 1. The number of aromatic nitrogens is 2. The average Bonchev–Trinajstić information content (AvgIpc) is 3.16. The van der Waals surface area contributed by atoms with Crippen molar-refractivity contribution in [3.05, 3.63) is 79.9 Å². The number of thiophene rings is 1. The molecule has 2 aromatic carbocycles. The monoisotopic (exact) mass is 539 g/mol. The molecule has 1 N–H and O–H groups in total. The normalized spacial score (nSPS) is 15.4. The first-order valence-corrected chi connectivity index (χ1v) is 13.4. The summed E-state index contributed by atoms with van der Waals surface area (Å²) in [7, 11) is 0. The van der Waals surface area contributed by atoms with Gasteiger partial charge in [0.25, 0.3) is 5.56 Å². The van der Waals surface area contributed by atoms with E-state index < -0.39 is 0 Å². The predicted octanol–water partition coefficient (Wildman–Crippen LogP) is 6.07. The number of hydrogen-bond acceptors (Lipinski definition) is 5. The summed E-state index contributed by atoms with van der Waals surface area (Å²) in [6.45, 7) is 2.26. The fraction of sp³-hybridized carbons (Fsp3) is 0.240. The van der Waals surface area contributed by atoms with Crippen LogP contribution in [-0.2, 0) is 17.6 Å². The standard InChI is InChI=1S/C25H22BrN3O2S2/c1-15-10-11-19-20(12-15)33-23-22(19)24(31)29(18-8-3-2-4-9-18)25(28-23)32-14-21(30)27-17-7-5-6-16(26)13-17/h2-9,13,15H,10-12,14H2,1H3,(H,27,30). The largest absolute Gasteiger partial charge is 0.325 e. The molecule has 0 aliphatic heterocycles. The Kier molecular flexibility index (Phi) is 6.40. The molecule has 2 heterocycles. The van der Waals surface area contributed by atoms with Crippen LogP contribution in [0.2, 0.25) is 0 Å². The van der Waals surface area contributed by atoms with E-state index in [-0.39, 0.29) is 17.2 Å². The third-order valence-electron chi connectivity index (χ3n) is 5.75. The van der Waals surface area contributed by atoms with E-state index in [9.17, 15) is 9.59 Å². The maximum Gasteiger partial charge on any atom is 0.267 e. The van der Waals surface area contributed by atoms with Crippen LogP contribution in [0.1, 0.15) is 23.8 Å². The number of fused-ring (bicyclic) bond motifs is 3. The van der Waals surface area contributed by atoms with E-state index in [1.807, 2.05) is 54.6 Å². The lowest BCUT2D eigenvalue weighted by Crippen LogP contribution is -2.23. The molecule has 0 spiro atoms. The highest BCUT2D eigenvalue weighted by Gasteiger charge is 2.25. The van der Waals surface area contributed by atoms with Gasteiger partial charge in [0.05, 0.1) is 16.8 Å². The molecule has 5 rings (SSSR count). The van der Waals surface area contributed by atoms with Gasteiger partial charge in [-0.15, -0.1) is 11.3 Å². The number of nitrogens with one attached hydrogen (secondary N) is 1. The van der Waals surface area contributed by atoms with Gasteiger partial charge >= 0.3 is 0 Å². The molecule has 0 fully saturated rings. The maximum absolute atomic E-state index is 13.7. The van der Waals surface area contributed by atoms with E-state index in [1.165, 1.54) is 22.2 Å². The Bertz CT molecular complexity index is 1400. The second-order valence-corrected chi connectivity index (χ2v) is 11.2. The van der Waals surface area contributed by atoms with Crippen LogP contribution < -0.4 is 10.9 Å². The summed E-state index contributed by atoms with van der Waals surface area (Å²) in [6.07, 6.45) is 3.01. The molecule has 5 nitrogen and oxygen atoms in total. The first-order chi connectivity index (χ1) is 16.0. The quantitative estimate of drug-likeness (QED) is 0.247. The molecular weight excluding hydrogens is 518 g/mol. The van der Waals surface area contributed by atoms with Crippen molar-refractivity contribution in [2.75, 3.05) is 11.1 Å². The van der Waals surface area contributed by atoms with Crippen molar-refractivity contribution in [2.24, 2.45) is 5.92 Å². The van der Waals surface area contributed by atoms with Gasteiger partial charge in [-0.1, -0.05) is 58.9 Å². The van der Waals surface area contributed by atoms with Crippen molar-refractivity contribution < 1.29 is 4.79 Å². The number of aryl methyl sites for hydroxylation is 1. The van der Waals surface area contributed by atoms with Gasteiger partial charge in [0.1, 0.15) is 4.83 Å². The summed E-state index contributed by atoms with van der Waals surface area (Å²) >= 11 is 6.33. The van der Waals surface area contributed by atoms with Crippen LogP contribution in [0.3, 0.4) is 0 Å². The summed E-state index contributed by atoms with van der Waals surface area (Å²) in [5.41, 5.74) is 2.60. The lowest BCUT2D eigenvalue weighted by Gasteiger charge is -2.17. The van der Waals surface area contributed by atoms with Crippen molar-refractivity contribution in [3.8, 4) is 5.69 Å². The number of amides is 1. The summed E-state index contributed by atoms with van der Waals surface area (Å²) in [6, 6.07) is 17.0. The highest BCUT2D eigenvalue weighted by Crippen LogP contribution is 2.37. The van der Waals surface area contributed by atoms with E-state index in [0.29, 0.717) is 11.1 Å². The van der Waals surface area contributed by atoms with Gasteiger partial charge < -0.3 is 5.32 Å². The highest BCUT2D eigenvalue weighted by atomic mass is 79.9. The summed E-state index contributed by atoms with van der Waals surface area (Å²) in [5.74, 6) is 0.628. The minimum Gasteiger partial charge on any atom is -0.325 e. The van der Waals surface area contributed by atoms with Gasteiger partial charge in [-0.25, -0.2) is 4.98 Å². The Morgan fingerprint density at radius 3 is 2.85 bits per heavy atom. The number of rotatable bonds is 5. The first kappa shape index (κ1) is 22.4. The van der Waals surface area contributed by atoms with E-state index in [4.69, 9.17) is 4.98 Å². The molecule has 8 heteroatoms. The van der Waals surface area contributed by atoms with Crippen LogP contribution in [0.4, 0.5) is 5.69 Å². The van der Waals surface area contributed by atoms with E-state index in [1.54, 1.807) is 15.9 Å². The van der Waals surface area contributed by atoms with Crippen LogP contribution in [0.15, 0.2) is 69.0 Å². The van der Waals surface area contributed by atoms with Crippen molar-refractivity contribution in [1.29, 1.82) is 0 Å².